The van der Waals surface area contributed by atoms with Gasteiger partial charge in [0.2, 0.25) is 0 Å². The maximum atomic E-state index is 5.08. The molecule has 0 fully saturated rings. The number of fused-ring (bicyclic) bond motifs is 1. The second kappa shape index (κ2) is 17.5. The molecule has 6 aromatic rings. The van der Waals surface area contributed by atoms with Gasteiger partial charge in [0.25, 0.3) is 0 Å². The van der Waals surface area contributed by atoms with E-state index in [0.717, 1.165) is 23.9 Å². The molecule has 296 valence electrons. The molecule has 0 spiro atoms. The lowest BCUT2D eigenvalue weighted by Crippen LogP contribution is -2.60. The molecule has 0 aliphatic rings. The summed E-state index contributed by atoms with van der Waals surface area (Å²) in [6.07, 6.45) is 12.4. The standard InChI is InChI=1S/C44H64N2S5Si4/c1-13-15-17-19-21-31-29-37(35-25-27-39(47-35)54(9,10)52(3,4)5)49-43(31)33-23-24-34(42-41(33)45-51-46-42)44-32(22-20-18-16-14-2)30-38(50-44)36-26-28-40(48-36)55(11,12)53(6,7)8/h23-30H,13-22H2,1-12H3. The van der Waals surface area contributed by atoms with E-state index >= 15 is 0 Å². The molecule has 0 bridgehead atoms. The Balaban J connectivity index is 1.42. The molecule has 0 N–H and O–H groups in total. The monoisotopic (exact) mass is 892 g/mol. The summed E-state index contributed by atoms with van der Waals surface area (Å²) < 4.78 is 13.5. The summed E-state index contributed by atoms with van der Waals surface area (Å²) >= 11 is 9.52. The van der Waals surface area contributed by atoms with Gasteiger partial charge >= 0.3 is 0 Å². The number of hydrogen-bond donors (Lipinski definition) is 0. The highest BCUT2D eigenvalue weighted by molar-refractivity contribution is 7.52. The van der Waals surface area contributed by atoms with Gasteiger partial charge in [-0.1, -0.05) is 142 Å². The van der Waals surface area contributed by atoms with E-state index in [2.05, 4.69) is 151 Å². The fourth-order valence-corrected chi connectivity index (χ4v) is 28.3. The van der Waals surface area contributed by atoms with Crippen molar-refractivity contribution in [2.75, 3.05) is 0 Å². The molecule has 0 aliphatic carbocycles. The second-order valence-corrected chi connectivity index (χ2v) is 57.4. The lowest BCUT2D eigenvalue weighted by atomic mass is 9.98. The Kier molecular flexibility index (Phi) is 13.8. The van der Waals surface area contributed by atoms with Crippen LogP contribution < -0.4 is 9.00 Å². The molecule has 0 radical (unpaired) electrons. The first kappa shape index (κ1) is 43.3. The maximum Gasteiger partial charge on any atom is 0.114 e. The minimum atomic E-state index is -1.46. The number of thiophene rings is 4. The van der Waals surface area contributed by atoms with Crippen LogP contribution in [0.2, 0.25) is 65.5 Å². The fraction of sp³-hybridized carbons (Fsp3) is 0.500. The Morgan fingerprint density at radius 2 is 0.855 bits per heavy atom. The van der Waals surface area contributed by atoms with E-state index in [9.17, 15) is 0 Å². The van der Waals surface area contributed by atoms with Crippen molar-refractivity contribution >= 4 is 107 Å². The van der Waals surface area contributed by atoms with Gasteiger partial charge in [0, 0.05) is 55.6 Å². The van der Waals surface area contributed by atoms with E-state index in [-0.39, 0.29) is 0 Å². The lowest BCUT2D eigenvalue weighted by Gasteiger charge is -2.34. The number of nitrogens with zero attached hydrogens (tertiary/aromatic N) is 2. The van der Waals surface area contributed by atoms with Crippen LogP contribution in [0, 0.1) is 0 Å². The highest BCUT2D eigenvalue weighted by atomic mass is 32.1. The van der Waals surface area contributed by atoms with Crippen molar-refractivity contribution in [1.82, 2.24) is 8.75 Å². The number of unbranched alkanes of at least 4 members (excludes halogenated alkanes) is 6. The largest absolute Gasteiger partial charge is 0.172 e. The highest BCUT2D eigenvalue weighted by Gasteiger charge is 2.40. The molecule has 1 aromatic carbocycles. The molecule has 0 saturated heterocycles. The summed E-state index contributed by atoms with van der Waals surface area (Å²) in [6.45, 7) is 30.4. The molecule has 6 rings (SSSR count). The summed E-state index contributed by atoms with van der Waals surface area (Å²) in [5.74, 6) is 0. The molecule has 5 heterocycles. The van der Waals surface area contributed by atoms with Gasteiger partial charge in [-0.15, -0.1) is 45.3 Å². The number of rotatable bonds is 18. The summed E-state index contributed by atoms with van der Waals surface area (Å²) in [5.41, 5.74) is 7.68. The Labute approximate surface area is 356 Å². The zero-order valence-electron chi connectivity index (χ0n) is 35.6. The topological polar surface area (TPSA) is 25.8 Å². The van der Waals surface area contributed by atoms with Gasteiger partial charge in [-0.25, -0.2) is 0 Å². The zero-order valence-corrected chi connectivity index (χ0v) is 43.7. The third-order valence-electron chi connectivity index (χ3n) is 12.8. The maximum absolute atomic E-state index is 5.08. The highest BCUT2D eigenvalue weighted by Crippen LogP contribution is 2.47. The molecule has 0 amide bonds. The third kappa shape index (κ3) is 9.15. The number of hydrogen-bond acceptors (Lipinski definition) is 7. The van der Waals surface area contributed by atoms with Crippen LogP contribution in [-0.2, 0) is 12.8 Å². The molecule has 0 unspecified atom stereocenters. The van der Waals surface area contributed by atoms with Gasteiger partial charge in [-0.05, 0) is 70.1 Å². The molecule has 0 saturated carbocycles. The van der Waals surface area contributed by atoms with Gasteiger partial charge in [-0.2, -0.15) is 8.75 Å². The van der Waals surface area contributed by atoms with Gasteiger partial charge < -0.3 is 0 Å². The predicted octanol–water partition coefficient (Wildman–Crippen LogP) is 15.5. The van der Waals surface area contributed by atoms with Crippen molar-refractivity contribution in [3.8, 4) is 40.4 Å². The summed E-state index contributed by atoms with van der Waals surface area (Å²) in [6, 6.07) is 19.7. The molecule has 5 aromatic heterocycles. The summed E-state index contributed by atoms with van der Waals surface area (Å²) in [5, 5.41) is 0. The Hall–Kier alpha value is -1.29. The lowest BCUT2D eigenvalue weighted by molar-refractivity contribution is 0.668. The average molecular weight is 894 g/mol. The third-order valence-corrected chi connectivity index (χ3v) is 57.1. The van der Waals surface area contributed by atoms with Crippen LogP contribution in [0.15, 0.2) is 48.5 Å². The first-order chi connectivity index (χ1) is 26.0. The van der Waals surface area contributed by atoms with E-state index in [0.29, 0.717) is 0 Å². The Morgan fingerprint density at radius 3 is 1.22 bits per heavy atom. The molecule has 2 nitrogen and oxygen atoms in total. The predicted molar refractivity (Wildman–Crippen MR) is 267 cm³/mol. The molecule has 0 atom stereocenters. The molecular formula is C44H64N2S5Si4. The molecular weight excluding hydrogens is 829 g/mol. The van der Waals surface area contributed by atoms with E-state index < -0.39 is 30.4 Å². The second-order valence-electron chi connectivity index (χ2n) is 18.8. The van der Waals surface area contributed by atoms with Crippen molar-refractivity contribution in [3.63, 3.8) is 0 Å². The quantitative estimate of drug-likeness (QED) is 0.0635. The van der Waals surface area contributed by atoms with Crippen molar-refractivity contribution in [2.24, 2.45) is 0 Å². The van der Waals surface area contributed by atoms with Crippen molar-refractivity contribution in [2.45, 2.75) is 144 Å². The van der Waals surface area contributed by atoms with Gasteiger partial charge in [0.05, 0.1) is 26.9 Å². The minimum absolute atomic E-state index is 1.08. The van der Waals surface area contributed by atoms with Crippen LogP contribution in [0.3, 0.4) is 0 Å². The first-order valence-electron chi connectivity index (χ1n) is 20.7. The minimum Gasteiger partial charge on any atom is -0.172 e. The van der Waals surface area contributed by atoms with E-state index in [1.807, 2.05) is 22.7 Å². The Morgan fingerprint density at radius 1 is 0.455 bits per heavy atom. The number of aryl methyl sites for hydroxylation is 2. The van der Waals surface area contributed by atoms with Crippen LogP contribution in [0.5, 0.6) is 0 Å². The Bertz CT molecular complexity index is 2050. The average Bonchev–Trinajstić information content (AvgIpc) is 3.96. The SMILES string of the molecule is CCCCCCc1cc(-c2ccc([Si](C)(C)[Si](C)(C)C)s2)sc1-c1ccc(-c2sc(-c3ccc([Si](C)(C)[Si](C)(C)C)s3)cc2CCCCCC)c2nsnc12. The number of aromatic nitrogens is 2. The zero-order chi connectivity index (χ0) is 39.8. The van der Waals surface area contributed by atoms with Crippen molar-refractivity contribution in [3.05, 3.63) is 59.7 Å². The van der Waals surface area contributed by atoms with Crippen LogP contribution >= 0.6 is 57.1 Å². The summed E-state index contributed by atoms with van der Waals surface area (Å²) in [7, 11) is -5.44. The molecule has 55 heavy (non-hydrogen) atoms. The first-order valence-corrected chi connectivity index (χ1v) is 39.7. The smallest absolute Gasteiger partial charge is 0.114 e. The van der Waals surface area contributed by atoms with Crippen molar-refractivity contribution in [1.29, 1.82) is 0 Å². The fourth-order valence-electron chi connectivity index (χ4n) is 7.00. The van der Waals surface area contributed by atoms with Gasteiger partial charge in [-0.3, -0.25) is 0 Å². The van der Waals surface area contributed by atoms with Gasteiger partial charge in [0.1, 0.15) is 11.0 Å². The number of benzene rings is 1. The molecule has 11 heteroatoms. The van der Waals surface area contributed by atoms with E-state index in [4.69, 9.17) is 8.75 Å². The van der Waals surface area contributed by atoms with Crippen LogP contribution in [0.1, 0.15) is 76.3 Å². The summed E-state index contributed by atoms with van der Waals surface area (Å²) in [4.78, 5) is 8.53. The van der Waals surface area contributed by atoms with Crippen LogP contribution in [0.25, 0.3) is 51.4 Å². The van der Waals surface area contributed by atoms with Crippen molar-refractivity contribution < 1.29 is 0 Å². The normalized spacial score (nSPS) is 13.1. The molecule has 0 aliphatic heterocycles. The van der Waals surface area contributed by atoms with Crippen LogP contribution in [0.4, 0.5) is 0 Å². The van der Waals surface area contributed by atoms with E-state index in [1.165, 1.54) is 115 Å². The van der Waals surface area contributed by atoms with Crippen LogP contribution in [-0.4, -0.2) is 39.1 Å². The van der Waals surface area contributed by atoms with E-state index in [1.54, 1.807) is 9.00 Å². The van der Waals surface area contributed by atoms with Gasteiger partial charge in [0.15, 0.2) is 0 Å².